The largest absolute Gasteiger partial charge is 0.455 e. The molecule has 0 saturated carbocycles. The molecule has 0 aliphatic carbocycles. The number of rotatable bonds is 8. The minimum Gasteiger partial charge on any atom is -0.455 e. The molecule has 0 aliphatic rings. The van der Waals surface area contributed by atoms with E-state index >= 15 is 0 Å². The molecule has 0 bridgehead atoms. The second-order valence-electron chi connectivity index (χ2n) is 19.6. The van der Waals surface area contributed by atoms with E-state index < -0.39 is 0 Å². The Morgan fingerprint density at radius 3 is 1.64 bits per heavy atom. The third kappa shape index (κ3) is 6.97. The summed E-state index contributed by atoms with van der Waals surface area (Å²) >= 11 is 0. The summed E-state index contributed by atoms with van der Waals surface area (Å²) < 4.78 is 9.44. The van der Waals surface area contributed by atoms with E-state index in [9.17, 15) is 0 Å². The molecular formula is C72H46N2O. The number of furan rings is 1. The van der Waals surface area contributed by atoms with E-state index in [1.807, 2.05) is 0 Å². The Bertz CT molecular complexity index is 4660. The smallest absolute Gasteiger partial charge is 0.143 e. The molecule has 13 aromatic carbocycles. The molecular weight excluding hydrogens is 909 g/mol. The SMILES string of the molecule is c1ccc(-c2cc(-c3cc4ccccc4c4ccccc34)ccc2N(c2ccc(-c3cccc(-n4c5ccccc5c5ccccc54)c3)cc2)c2ccccc2-c2cccc3c2oc2c4ccccc4ccc32)cc1. The number of hydrogen-bond acceptors (Lipinski definition) is 2. The van der Waals surface area contributed by atoms with Crippen LogP contribution < -0.4 is 4.90 Å². The van der Waals surface area contributed by atoms with Gasteiger partial charge in [0.05, 0.1) is 22.4 Å². The summed E-state index contributed by atoms with van der Waals surface area (Å²) in [6, 6.07) is 102. The van der Waals surface area contributed by atoms with Crippen LogP contribution in [0.5, 0.6) is 0 Å². The molecule has 75 heavy (non-hydrogen) atoms. The van der Waals surface area contributed by atoms with E-state index in [4.69, 9.17) is 4.42 Å². The molecule has 0 unspecified atom stereocenters. The molecule has 0 amide bonds. The summed E-state index contributed by atoms with van der Waals surface area (Å²) in [6.07, 6.45) is 0. The molecule has 2 heterocycles. The van der Waals surface area contributed by atoms with Gasteiger partial charge in [0.1, 0.15) is 11.2 Å². The van der Waals surface area contributed by atoms with Crippen LogP contribution in [0.3, 0.4) is 0 Å². The summed E-state index contributed by atoms with van der Waals surface area (Å²) in [5, 5.41) is 11.9. The highest BCUT2D eigenvalue weighted by Gasteiger charge is 2.24. The molecule has 0 aliphatic heterocycles. The minimum absolute atomic E-state index is 0.872. The van der Waals surface area contributed by atoms with E-state index in [1.165, 1.54) is 48.9 Å². The Balaban J connectivity index is 0.937. The minimum atomic E-state index is 0.872. The zero-order valence-electron chi connectivity index (χ0n) is 40.9. The van der Waals surface area contributed by atoms with Gasteiger partial charge in [0, 0.05) is 55.0 Å². The molecule has 2 aromatic heterocycles. The number of para-hydroxylation sites is 4. The fourth-order valence-corrected chi connectivity index (χ4v) is 11.9. The molecule has 15 rings (SSSR count). The van der Waals surface area contributed by atoms with Crippen molar-refractivity contribution in [3.63, 3.8) is 0 Å². The van der Waals surface area contributed by atoms with Crippen molar-refractivity contribution in [3.8, 4) is 50.2 Å². The first-order valence-electron chi connectivity index (χ1n) is 25.7. The second-order valence-corrected chi connectivity index (χ2v) is 19.6. The highest BCUT2D eigenvalue weighted by atomic mass is 16.3. The van der Waals surface area contributed by atoms with Crippen LogP contribution in [0.25, 0.3) is 126 Å². The molecule has 0 fully saturated rings. The fourth-order valence-electron chi connectivity index (χ4n) is 11.9. The van der Waals surface area contributed by atoms with E-state index in [1.54, 1.807) is 0 Å². The van der Waals surface area contributed by atoms with E-state index in [0.717, 1.165) is 94.4 Å². The van der Waals surface area contributed by atoms with Crippen molar-refractivity contribution in [2.75, 3.05) is 4.90 Å². The first kappa shape index (κ1) is 42.7. The molecule has 3 nitrogen and oxygen atoms in total. The predicted molar refractivity (Wildman–Crippen MR) is 317 cm³/mol. The van der Waals surface area contributed by atoms with Gasteiger partial charge in [-0.3, -0.25) is 0 Å². The van der Waals surface area contributed by atoms with Gasteiger partial charge < -0.3 is 13.9 Å². The van der Waals surface area contributed by atoms with Crippen molar-refractivity contribution in [3.05, 3.63) is 279 Å². The number of hydrogen-bond donors (Lipinski definition) is 0. The highest BCUT2D eigenvalue weighted by molar-refractivity contribution is 6.18. The van der Waals surface area contributed by atoms with Crippen LogP contribution in [0.4, 0.5) is 17.1 Å². The standard InChI is InChI=1S/C72H46N2O/c1-2-18-48(19-3-1)66-46-52(65-45-51-21-5-6-24-55(51)57-26-8-9-27-58(57)65)39-43-70(66)73(69-35-15-12-30-61(69)62-31-17-32-63-64-42-38-49-20-4-7-25-56(49)71(64)75-72(62)63)53-40-36-47(37-41-53)50-22-16-23-54(44-50)74-67-33-13-10-28-59(67)60-29-11-14-34-68(60)74/h1-46H. The maximum Gasteiger partial charge on any atom is 0.143 e. The number of benzene rings is 13. The summed E-state index contributed by atoms with van der Waals surface area (Å²) in [7, 11) is 0. The molecule has 15 aromatic rings. The number of fused-ring (bicyclic) bond motifs is 11. The Hall–Kier alpha value is -9.96. The van der Waals surface area contributed by atoms with Crippen molar-refractivity contribution in [1.82, 2.24) is 4.57 Å². The van der Waals surface area contributed by atoms with Gasteiger partial charge in [-0.15, -0.1) is 0 Å². The molecule has 0 radical (unpaired) electrons. The van der Waals surface area contributed by atoms with Gasteiger partial charge in [0.2, 0.25) is 0 Å². The Labute approximate surface area is 434 Å². The predicted octanol–water partition coefficient (Wildman–Crippen LogP) is 20.3. The lowest BCUT2D eigenvalue weighted by atomic mass is 9.90. The Morgan fingerprint density at radius 2 is 0.840 bits per heavy atom. The molecule has 0 atom stereocenters. The van der Waals surface area contributed by atoms with Crippen molar-refractivity contribution >= 4 is 93.1 Å². The van der Waals surface area contributed by atoms with Gasteiger partial charge in [-0.25, -0.2) is 0 Å². The van der Waals surface area contributed by atoms with Crippen molar-refractivity contribution < 1.29 is 4.42 Å². The lowest BCUT2D eigenvalue weighted by Crippen LogP contribution is -2.12. The lowest BCUT2D eigenvalue weighted by molar-refractivity contribution is 0.674. The fraction of sp³-hybridized carbons (Fsp3) is 0. The van der Waals surface area contributed by atoms with Crippen LogP contribution >= 0.6 is 0 Å². The van der Waals surface area contributed by atoms with E-state index in [0.29, 0.717) is 0 Å². The zero-order chi connectivity index (χ0) is 49.4. The topological polar surface area (TPSA) is 21.3 Å². The molecule has 0 spiro atoms. The third-order valence-electron chi connectivity index (χ3n) is 15.4. The van der Waals surface area contributed by atoms with Crippen LogP contribution in [-0.4, -0.2) is 4.57 Å². The average Bonchev–Trinajstić information content (AvgIpc) is 4.05. The van der Waals surface area contributed by atoms with Crippen LogP contribution in [-0.2, 0) is 0 Å². The lowest BCUT2D eigenvalue weighted by Gasteiger charge is -2.30. The number of aromatic nitrogens is 1. The maximum absolute atomic E-state index is 7.05. The monoisotopic (exact) mass is 954 g/mol. The molecule has 0 N–H and O–H groups in total. The summed E-state index contributed by atoms with van der Waals surface area (Å²) in [6.45, 7) is 0. The van der Waals surface area contributed by atoms with Gasteiger partial charge in [-0.1, -0.05) is 212 Å². The molecule has 3 heteroatoms. The van der Waals surface area contributed by atoms with Crippen LogP contribution in [0.15, 0.2) is 283 Å². The van der Waals surface area contributed by atoms with Crippen LogP contribution in [0, 0.1) is 0 Å². The van der Waals surface area contributed by atoms with Crippen molar-refractivity contribution in [1.29, 1.82) is 0 Å². The molecule has 350 valence electrons. The summed E-state index contributed by atoms with van der Waals surface area (Å²) in [5.74, 6) is 0. The Kier molecular flexibility index (Phi) is 9.89. The van der Waals surface area contributed by atoms with E-state index in [-0.39, 0.29) is 0 Å². The second kappa shape index (κ2) is 17.4. The average molecular weight is 955 g/mol. The maximum atomic E-state index is 7.05. The highest BCUT2D eigenvalue weighted by Crippen LogP contribution is 2.49. The van der Waals surface area contributed by atoms with Gasteiger partial charge in [-0.2, -0.15) is 0 Å². The Morgan fingerprint density at radius 1 is 0.267 bits per heavy atom. The first-order chi connectivity index (χ1) is 37.2. The van der Waals surface area contributed by atoms with Gasteiger partial charge in [0.15, 0.2) is 0 Å². The first-order valence-corrected chi connectivity index (χ1v) is 25.7. The summed E-state index contributed by atoms with van der Waals surface area (Å²) in [5.41, 5.74) is 17.4. The van der Waals surface area contributed by atoms with Crippen molar-refractivity contribution in [2.24, 2.45) is 0 Å². The number of anilines is 3. The van der Waals surface area contributed by atoms with Crippen LogP contribution in [0.2, 0.25) is 0 Å². The van der Waals surface area contributed by atoms with Gasteiger partial charge in [-0.05, 0) is 121 Å². The van der Waals surface area contributed by atoms with Gasteiger partial charge in [0.25, 0.3) is 0 Å². The quantitative estimate of drug-likeness (QED) is 0.142. The number of nitrogens with zero attached hydrogens (tertiary/aromatic N) is 2. The normalized spacial score (nSPS) is 11.7. The van der Waals surface area contributed by atoms with Crippen molar-refractivity contribution in [2.45, 2.75) is 0 Å². The van der Waals surface area contributed by atoms with Crippen LogP contribution in [0.1, 0.15) is 0 Å². The van der Waals surface area contributed by atoms with Gasteiger partial charge >= 0.3 is 0 Å². The zero-order valence-corrected chi connectivity index (χ0v) is 40.9. The molecule has 0 saturated heterocycles. The third-order valence-corrected chi connectivity index (χ3v) is 15.4. The summed E-state index contributed by atoms with van der Waals surface area (Å²) in [4.78, 5) is 2.45. The van der Waals surface area contributed by atoms with E-state index in [2.05, 4.69) is 289 Å².